The van der Waals surface area contributed by atoms with E-state index in [0.29, 0.717) is 6.54 Å². The van der Waals surface area contributed by atoms with Crippen molar-refractivity contribution in [2.45, 2.75) is 66.1 Å². The minimum atomic E-state index is -3.57. The van der Waals surface area contributed by atoms with Gasteiger partial charge in [0.15, 0.2) is 0 Å². The molecular formula is C18H30N2O4S. The van der Waals surface area contributed by atoms with Crippen molar-refractivity contribution in [3.05, 3.63) is 29.8 Å². The van der Waals surface area contributed by atoms with Crippen LogP contribution < -0.4 is 9.50 Å². The van der Waals surface area contributed by atoms with Gasteiger partial charge < -0.3 is 14.4 Å². The molecule has 0 spiro atoms. The van der Waals surface area contributed by atoms with Gasteiger partial charge in [0.2, 0.25) is 0 Å². The Morgan fingerprint density at radius 3 is 2.44 bits per heavy atom. The molecule has 1 N–H and O–H groups in total. The van der Waals surface area contributed by atoms with E-state index in [4.69, 9.17) is 4.18 Å². The Labute approximate surface area is 151 Å². The van der Waals surface area contributed by atoms with E-state index in [0.717, 1.165) is 12.0 Å². The molecule has 2 amide bonds. The summed E-state index contributed by atoms with van der Waals surface area (Å²) in [5, 5.41) is 2.98. The number of urea groups is 1. The Morgan fingerprint density at radius 1 is 1.28 bits per heavy atom. The molecule has 1 unspecified atom stereocenters. The van der Waals surface area contributed by atoms with E-state index in [1.165, 1.54) is 6.92 Å². The zero-order valence-electron chi connectivity index (χ0n) is 16.0. The first-order valence-corrected chi connectivity index (χ1v) is 10.1. The Kier molecular flexibility index (Phi) is 7.29. The standard InChI is InChI=1S/C18H30N2O4S/c1-7-14(3)20(17(21)19-18(4,5)6)13-15-10-9-11-16(12-15)24-25(22,23)8-2/h9-12,14H,7-8,13H2,1-6H3,(H,19,21). The monoisotopic (exact) mass is 370 g/mol. The summed E-state index contributed by atoms with van der Waals surface area (Å²) in [6.07, 6.45) is 0.817. The van der Waals surface area contributed by atoms with Gasteiger partial charge in [-0.3, -0.25) is 0 Å². The van der Waals surface area contributed by atoms with E-state index in [1.54, 1.807) is 23.1 Å². The Bertz CT molecular complexity index is 681. The number of benzene rings is 1. The second kappa shape index (κ2) is 8.56. The molecule has 0 bridgehead atoms. The van der Waals surface area contributed by atoms with Crippen LogP contribution in [0.2, 0.25) is 0 Å². The van der Waals surface area contributed by atoms with Crippen LogP contribution in [-0.2, 0) is 16.7 Å². The fraction of sp³-hybridized carbons (Fsp3) is 0.611. The van der Waals surface area contributed by atoms with Crippen LogP contribution >= 0.6 is 0 Å². The second-order valence-corrected chi connectivity index (χ2v) is 9.00. The van der Waals surface area contributed by atoms with Crippen LogP contribution in [-0.4, -0.2) is 36.7 Å². The van der Waals surface area contributed by atoms with Crippen molar-refractivity contribution in [2.75, 3.05) is 5.75 Å². The minimum Gasteiger partial charge on any atom is -0.382 e. The SMILES string of the molecule is CCC(C)N(Cc1cccc(OS(=O)(=O)CC)c1)C(=O)NC(C)(C)C. The number of amides is 2. The van der Waals surface area contributed by atoms with E-state index >= 15 is 0 Å². The van der Waals surface area contributed by atoms with E-state index < -0.39 is 10.1 Å². The van der Waals surface area contributed by atoms with Crippen LogP contribution in [0.5, 0.6) is 5.75 Å². The quantitative estimate of drug-likeness (QED) is 0.745. The molecule has 0 fully saturated rings. The zero-order chi connectivity index (χ0) is 19.3. The molecule has 0 aliphatic heterocycles. The maximum atomic E-state index is 12.6. The second-order valence-electron chi connectivity index (χ2n) is 7.14. The first-order chi connectivity index (χ1) is 11.5. The highest BCUT2D eigenvalue weighted by atomic mass is 32.2. The average molecular weight is 371 g/mol. The molecule has 0 aromatic heterocycles. The normalized spacial score (nSPS) is 13.2. The molecule has 0 aliphatic carbocycles. The largest absolute Gasteiger partial charge is 0.382 e. The number of rotatable bonds is 7. The third-order valence-corrected chi connectivity index (χ3v) is 4.85. The molecule has 0 heterocycles. The van der Waals surface area contributed by atoms with Gasteiger partial charge in [-0.05, 0) is 58.7 Å². The van der Waals surface area contributed by atoms with Crippen LogP contribution in [0.25, 0.3) is 0 Å². The lowest BCUT2D eigenvalue weighted by atomic mass is 10.1. The van der Waals surface area contributed by atoms with Crippen LogP contribution in [0.15, 0.2) is 24.3 Å². The molecule has 0 saturated carbocycles. The van der Waals surface area contributed by atoms with Gasteiger partial charge in [0.1, 0.15) is 5.75 Å². The number of carbonyl (C=O) groups excluding carboxylic acids is 1. The molecule has 6 nitrogen and oxygen atoms in total. The summed E-state index contributed by atoms with van der Waals surface area (Å²) >= 11 is 0. The van der Waals surface area contributed by atoms with Gasteiger partial charge in [0.05, 0.1) is 5.75 Å². The predicted molar refractivity (Wildman–Crippen MR) is 100 cm³/mol. The van der Waals surface area contributed by atoms with Gasteiger partial charge in [-0.2, -0.15) is 8.42 Å². The molecular weight excluding hydrogens is 340 g/mol. The third kappa shape index (κ3) is 7.34. The van der Waals surface area contributed by atoms with E-state index in [9.17, 15) is 13.2 Å². The molecule has 0 saturated heterocycles. The van der Waals surface area contributed by atoms with E-state index in [-0.39, 0.29) is 29.1 Å². The fourth-order valence-corrected chi connectivity index (χ4v) is 2.65. The topological polar surface area (TPSA) is 75.7 Å². The number of carbonyl (C=O) groups is 1. The lowest BCUT2D eigenvalue weighted by molar-refractivity contribution is 0.165. The maximum Gasteiger partial charge on any atom is 0.318 e. The Balaban J connectivity index is 2.99. The zero-order valence-corrected chi connectivity index (χ0v) is 16.8. The molecule has 1 rings (SSSR count). The Morgan fingerprint density at radius 2 is 1.92 bits per heavy atom. The Hall–Kier alpha value is -1.76. The smallest absolute Gasteiger partial charge is 0.318 e. The van der Waals surface area contributed by atoms with Crippen LogP contribution in [0, 0.1) is 0 Å². The van der Waals surface area contributed by atoms with Crippen molar-refractivity contribution in [1.82, 2.24) is 10.2 Å². The summed E-state index contributed by atoms with van der Waals surface area (Å²) in [7, 11) is -3.57. The number of nitrogens with one attached hydrogen (secondary N) is 1. The molecule has 142 valence electrons. The molecule has 1 aromatic carbocycles. The van der Waals surface area contributed by atoms with Crippen molar-refractivity contribution in [3.63, 3.8) is 0 Å². The highest BCUT2D eigenvalue weighted by Crippen LogP contribution is 2.19. The van der Waals surface area contributed by atoms with Gasteiger partial charge >= 0.3 is 16.1 Å². The summed E-state index contributed by atoms with van der Waals surface area (Å²) in [6.45, 7) is 11.7. The molecule has 0 radical (unpaired) electrons. The average Bonchev–Trinajstić information content (AvgIpc) is 2.50. The molecule has 1 aromatic rings. The van der Waals surface area contributed by atoms with Crippen molar-refractivity contribution in [2.24, 2.45) is 0 Å². The van der Waals surface area contributed by atoms with Gasteiger partial charge in [0.25, 0.3) is 0 Å². The third-order valence-electron chi connectivity index (χ3n) is 3.69. The lowest BCUT2D eigenvalue weighted by Gasteiger charge is -2.32. The maximum absolute atomic E-state index is 12.6. The van der Waals surface area contributed by atoms with Crippen molar-refractivity contribution in [3.8, 4) is 5.75 Å². The fourth-order valence-electron chi connectivity index (χ4n) is 2.14. The van der Waals surface area contributed by atoms with Crippen molar-refractivity contribution >= 4 is 16.1 Å². The van der Waals surface area contributed by atoms with Crippen LogP contribution in [0.1, 0.15) is 53.5 Å². The summed E-state index contributed by atoms with van der Waals surface area (Å²) < 4.78 is 28.3. The van der Waals surface area contributed by atoms with E-state index in [2.05, 4.69) is 5.32 Å². The van der Waals surface area contributed by atoms with Gasteiger partial charge in [-0.15, -0.1) is 0 Å². The van der Waals surface area contributed by atoms with Gasteiger partial charge in [0, 0.05) is 18.1 Å². The highest BCUT2D eigenvalue weighted by Gasteiger charge is 2.23. The summed E-state index contributed by atoms with van der Waals surface area (Å²) in [6, 6.07) is 6.74. The molecule has 0 aliphatic rings. The highest BCUT2D eigenvalue weighted by molar-refractivity contribution is 7.87. The molecule has 7 heteroatoms. The number of hydrogen-bond donors (Lipinski definition) is 1. The number of nitrogens with zero attached hydrogens (tertiary/aromatic N) is 1. The first-order valence-electron chi connectivity index (χ1n) is 8.57. The van der Waals surface area contributed by atoms with Gasteiger partial charge in [-0.25, -0.2) is 4.79 Å². The summed E-state index contributed by atoms with van der Waals surface area (Å²) in [5.74, 6) is 0.171. The molecule has 1 atom stereocenters. The molecule has 25 heavy (non-hydrogen) atoms. The number of hydrogen-bond acceptors (Lipinski definition) is 4. The van der Waals surface area contributed by atoms with Crippen molar-refractivity contribution < 1.29 is 17.4 Å². The van der Waals surface area contributed by atoms with Crippen LogP contribution in [0.3, 0.4) is 0 Å². The van der Waals surface area contributed by atoms with Crippen molar-refractivity contribution in [1.29, 1.82) is 0 Å². The minimum absolute atomic E-state index is 0.0475. The first kappa shape index (κ1) is 21.3. The lowest BCUT2D eigenvalue weighted by Crippen LogP contribution is -2.50. The predicted octanol–water partition coefficient (Wildman–Crippen LogP) is 3.52. The van der Waals surface area contributed by atoms with Gasteiger partial charge in [-0.1, -0.05) is 19.1 Å². The van der Waals surface area contributed by atoms with Crippen LogP contribution in [0.4, 0.5) is 4.79 Å². The summed E-state index contributed by atoms with van der Waals surface area (Å²) in [5.41, 5.74) is 0.483. The van der Waals surface area contributed by atoms with E-state index in [1.807, 2.05) is 40.7 Å². The summed E-state index contributed by atoms with van der Waals surface area (Å²) in [4.78, 5) is 14.4.